The fraction of sp³-hybridized carbons (Fsp3) is 0.200. The lowest BCUT2D eigenvalue weighted by atomic mass is 9.47. The van der Waals surface area contributed by atoms with Crippen LogP contribution in [0.1, 0.15) is 36.1 Å². The highest BCUT2D eigenvalue weighted by Crippen LogP contribution is 2.81. The second kappa shape index (κ2) is 7.49. The van der Waals surface area contributed by atoms with Gasteiger partial charge >= 0.3 is 0 Å². The van der Waals surface area contributed by atoms with E-state index in [1.165, 1.54) is 0 Å². The van der Waals surface area contributed by atoms with Crippen LogP contribution in [0, 0.1) is 22.7 Å². The molecule has 0 N–H and O–H groups in total. The topological polar surface area (TPSA) is 34.1 Å². The smallest absolute Gasteiger partial charge is 0.149 e. The molecule has 3 aliphatic rings. The van der Waals surface area contributed by atoms with Crippen molar-refractivity contribution in [1.82, 2.24) is 0 Å². The van der Waals surface area contributed by atoms with Gasteiger partial charge in [0.2, 0.25) is 0 Å². The second-order valence-corrected chi connectivity index (χ2v) is 11.1. The number of rotatable bonds is 4. The van der Waals surface area contributed by atoms with Gasteiger partial charge in [0.25, 0.3) is 0 Å². The molecule has 3 aliphatic carbocycles. The zero-order valence-electron chi connectivity index (χ0n) is 21.0. The molecule has 0 heterocycles. The Kier molecular flexibility index (Phi) is 4.49. The lowest BCUT2D eigenvalue weighted by Crippen LogP contribution is -2.55. The van der Waals surface area contributed by atoms with Crippen LogP contribution >= 0.6 is 0 Å². The Labute approximate surface area is 217 Å². The molecule has 2 saturated carbocycles. The van der Waals surface area contributed by atoms with Crippen molar-refractivity contribution in [3.63, 3.8) is 0 Å². The third-order valence-electron chi connectivity index (χ3n) is 9.55. The van der Waals surface area contributed by atoms with E-state index in [0.29, 0.717) is 0 Å². The Morgan fingerprint density at radius 1 is 0.541 bits per heavy atom. The monoisotopic (exact) mass is 480 g/mol. The average Bonchev–Trinajstić information content (AvgIpc) is 3.54. The highest BCUT2D eigenvalue weighted by molar-refractivity contribution is 6.28. The van der Waals surface area contributed by atoms with Gasteiger partial charge in [0.1, 0.15) is 11.6 Å². The fourth-order valence-corrected chi connectivity index (χ4v) is 7.94. The Morgan fingerprint density at radius 3 is 1.46 bits per heavy atom. The molecule has 2 heteroatoms. The number of hydrogen-bond donors (Lipinski definition) is 0. The molecule has 0 spiro atoms. The van der Waals surface area contributed by atoms with Crippen molar-refractivity contribution < 1.29 is 9.59 Å². The van der Waals surface area contributed by atoms with E-state index in [-0.39, 0.29) is 11.6 Å². The Bertz CT molecular complexity index is 1530. The normalized spacial score (nSPS) is 29.2. The largest absolute Gasteiger partial charge is 0.298 e. The first kappa shape index (κ1) is 22.2. The van der Waals surface area contributed by atoms with Crippen LogP contribution in [-0.4, -0.2) is 11.6 Å². The summed E-state index contributed by atoms with van der Waals surface area (Å²) in [4.78, 5) is 29.7. The first-order valence-corrected chi connectivity index (χ1v) is 13.0. The molecule has 4 unspecified atom stereocenters. The van der Waals surface area contributed by atoms with Gasteiger partial charge in [0, 0.05) is 11.3 Å². The standard InChI is InChI=1S/C35H28O2/c1-33-28(24-17-9-4-10-18-24)27(23-15-7-3-8-16-23)29(33)31(36)34(2)30(32(33)37)35(34,25-19-11-5-12-20-25)26-21-13-6-14-22-26/h3-22,29-30H,1-2H3. The van der Waals surface area contributed by atoms with E-state index >= 15 is 0 Å². The van der Waals surface area contributed by atoms with Crippen LogP contribution in [0.25, 0.3) is 11.1 Å². The molecular weight excluding hydrogens is 452 g/mol. The lowest BCUT2D eigenvalue weighted by molar-refractivity contribution is -0.143. The van der Waals surface area contributed by atoms with Crippen molar-refractivity contribution in [2.75, 3.05) is 0 Å². The Morgan fingerprint density at radius 2 is 0.973 bits per heavy atom. The minimum atomic E-state index is -0.862. The Hall–Kier alpha value is -4.04. The van der Waals surface area contributed by atoms with Crippen LogP contribution < -0.4 is 0 Å². The number of Topliss-reactive ketones (excluding diaryl/α,β-unsaturated/α-hetero) is 2. The molecule has 0 radical (unpaired) electrons. The van der Waals surface area contributed by atoms with Crippen LogP contribution in [-0.2, 0) is 15.0 Å². The zero-order valence-corrected chi connectivity index (χ0v) is 21.0. The highest BCUT2D eigenvalue weighted by atomic mass is 16.2. The molecule has 2 nitrogen and oxygen atoms in total. The van der Waals surface area contributed by atoms with Gasteiger partial charge in [-0.2, -0.15) is 0 Å². The lowest BCUT2D eigenvalue weighted by Gasteiger charge is -2.52. The average molecular weight is 481 g/mol. The van der Waals surface area contributed by atoms with Gasteiger partial charge in [-0.15, -0.1) is 0 Å². The number of hydrogen-bond acceptors (Lipinski definition) is 2. The Balaban J connectivity index is 1.49. The summed E-state index contributed by atoms with van der Waals surface area (Å²) >= 11 is 0. The second-order valence-electron chi connectivity index (χ2n) is 11.1. The summed E-state index contributed by atoms with van der Waals surface area (Å²) in [6.07, 6.45) is 0. The number of allylic oxidation sites excluding steroid dienone is 2. The van der Waals surface area contributed by atoms with Crippen molar-refractivity contribution in [3.05, 3.63) is 144 Å². The third-order valence-corrected chi connectivity index (χ3v) is 9.55. The number of carbonyl (C=O) groups is 2. The van der Waals surface area contributed by atoms with Crippen LogP contribution in [0.3, 0.4) is 0 Å². The summed E-state index contributed by atoms with van der Waals surface area (Å²) < 4.78 is 0. The number of benzene rings is 4. The van der Waals surface area contributed by atoms with E-state index < -0.39 is 28.1 Å². The van der Waals surface area contributed by atoms with Crippen LogP contribution in [0.15, 0.2) is 121 Å². The molecule has 180 valence electrons. The molecule has 4 aromatic carbocycles. The summed E-state index contributed by atoms with van der Waals surface area (Å²) in [6, 6.07) is 40.7. The van der Waals surface area contributed by atoms with E-state index in [1.807, 2.05) is 86.6 Å². The zero-order chi connectivity index (χ0) is 25.4. The van der Waals surface area contributed by atoms with Crippen molar-refractivity contribution >= 4 is 22.7 Å². The van der Waals surface area contributed by atoms with Gasteiger partial charge in [-0.05, 0) is 40.3 Å². The van der Waals surface area contributed by atoms with E-state index in [1.54, 1.807) is 0 Å². The van der Waals surface area contributed by atoms with Gasteiger partial charge in [0.05, 0.1) is 16.7 Å². The molecule has 0 amide bonds. The third kappa shape index (κ3) is 2.51. The minimum Gasteiger partial charge on any atom is -0.298 e. The number of carbonyl (C=O) groups excluding carboxylic acids is 2. The number of fused-ring (bicyclic) bond motifs is 2. The van der Waals surface area contributed by atoms with Gasteiger partial charge in [-0.3, -0.25) is 9.59 Å². The van der Waals surface area contributed by atoms with Gasteiger partial charge in [0.15, 0.2) is 0 Å². The summed E-state index contributed by atoms with van der Waals surface area (Å²) in [5.41, 5.74) is 3.81. The SMILES string of the molecule is CC12C(=O)C3C(C)(C(=O)C1C(c1ccccc1)=C2c1ccccc1)C3(c1ccccc1)c1ccccc1. The van der Waals surface area contributed by atoms with E-state index in [9.17, 15) is 9.59 Å². The van der Waals surface area contributed by atoms with Gasteiger partial charge in [-0.1, -0.05) is 128 Å². The van der Waals surface area contributed by atoms with Crippen LogP contribution in [0.4, 0.5) is 0 Å². The van der Waals surface area contributed by atoms with Crippen molar-refractivity contribution in [3.8, 4) is 0 Å². The molecule has 0 bridgehead atoms. The predicted molar refractivity (Wildman–Crippen MR) is 147 cm³/mol. The van der Waals surface area contributed by atoms with E-state index in [4.69, 9.17) is 0 Å². The van der Waals surface area contributed by atoms with E-state index in [2.05, 4.69) is 48.5 Å². The molecule has 0 saturated heterocycles. The highest BCUT2D eigenvalue weighted by Gasteiger charge is 2.87. The molecule has 4 aromatic rings. The maximum Gasteiger partial charge on any atom is 0.149 e. The van der Waals surface area contributed by atoms with Gasteiger partial charge < -0.3 is 0 Å². The van der Waals surface area contributed by atoms with E-state index in [0.717, 1.165) is 33.4 Å². The molecule has 0 aliphatic heterocycles. The quantitative estimate of drug-likeness (QED) is 0.315. The fourth-order valence-electron chi connectivity index (χ4n) is 7.94. The van der Waals surface area contributed by atoms with Crippen LogP contribution in [0.5, 0.6) is 0 Å². The molecule has 37 heavy (non-hydrogen) atoms. The van der Waals surface area contributed by atoms with Crippen molar-refractivity contribution in [2.45, 2.75) is 19.3 Å². The summed E-state index contributed by atoms with van der Waals surface area (Å²) in [5, 5.41) is 0. The molecule has 7 rings (SSSR count). The molecular formula is C35H28O2. The van der Waals surface area contributed by atoms with Crippen LogP contribution in [0.2, 0.25) is 0 Å². The first-order valence-electron chi connectivity index (χ1n) is 13.0. The van der Waals surface area contributed by atoms with Gasteiger partial charge in [-0.25, -0.2) is 0 Å². The molecule has 4 atom stereocenters. The summed E-state index contributed by atoms with van der Waals surface area (Å²) in [7, 11) is 0. The number of ketones is 2. The summed E-state index contributed by atoms with van der Waals surface area (Å²) in [5.74, 6) is -0.501. The van der Waals surface area contributed by atoms with Crippen molar-refractivity contribution in [2.24, 2.45) is 22.7 Å². The molecule has 0 aromatic heterocycles. The summed E-state index contributed by atoms with van der Waals surface area (Å²) in [6.45, 7) is 4.06. The minimum absolute atomic E-state index is 0.186. The maximum atomic E-state index is 14.8. The molecule has 2 fully saturated rings. The maximum absolute atomic E-state index is 14.8. The first-order chi connectivity index (χ1) is 18.0. The predicted octanol–water partition coefficient (Wildman–Crippen LogP) is 7.01. The van der Waals surface area contributed by atoms with Crippen molar-refractivity contribution in [1.29, 1.82) is 0 Å².